The quantitative estimate of drug-likeness (QED) is 0.786. The third-order valence-electron chi connectivity index (χ3n) is 2.37. The second-order valence-electron chi connectivity index (χ2n) is 3.97. The molecule has 3 heteroatoms. The predicted octanol–water partition coefficient (Wildman–Crippen LogP) is 2.45. The molecule has 1 amide bonds. The highest BCUT2D eigenvalue weighted by Gasteiger charge is 2.11. The molecule has 82 valence electrons. The molecule has 0 aliphatic rings. The summed E-state index contributed by atoms with van der Waals surface area (Å²) in [7, 11) is 0. The van der Waals surface area contributed by atoms with Gasteiger partial charge in [0.15, 0.2) is 0 Å². The molecule has 0 radical (unpaired) electrons. The Morgan fingerprint density at radius 3 is 2.27 bits per heavy atom. The third kappa shape index (κ3) is 3.56. The van der Waals surface area contributed by atoms with Crippen LogP contribution in [0.25, 0.3) is 0 Å². The van der Waals surface area contributed by atoms with E-state index < -0.39 is 11.3 Å². The number of halogens is 1. The summed E-state index contributed by atoms with van der Waals surface area (Å²) in [6.45, 7) is 4.28. The van der Waals surface area contributed by atoms with Crippen LogP contribution in [0, 0.1) is 0 Å². The van der Waals surface area contributed by atoms with Crippen LogP contribution >= 0.6 is 11.6 Å². The Bertz CT molecular complexity index is 332. The van der Waals surface area contributed by atoms with Crippen molar-refractivity contribution in [3.8, 4) is 0 Å². The summed E-state index contributed by atoms with van der Waals surface area (Å²) in [5.41, 5.74) is 7.41. The molecule has 0 bridgehead atoms. The Morgan fingerprint density at radius 1 is 1.33 bits per heavy atom. The molecule has 1 aromatic rings. The minimum atomic E-state index is -0.616. The van der Waals surface area contributed by atoms with Gasteiger partial charge in [0, 0.05) is 0 Å². The van der Waals surface area contributed by atoms with Gasteiger partial charge in [-0.15, -0.1) is 11.6 Å². The first-order valence-electron chi connectivity index (χ1n) is 5.03. The molecule has 0 saturated heterocycles. The van der Waals surface area contributed by atoms with Crippen LogP contribution in [0.4, 0.5) is 0 Å². The predicted molar refractivity (Wildman–Crippen MR) is 63.1 cm³/mol. The van der Waals surface area contributed by atoms with Gasteiger partial charge in [-0.2, -0.15) is 0 Å². The second-order valence-corrected chi connectivity index (χ2v) is 4.50. The topological polar surface area (TPSA) is 43.1 Å². The molecule has 1 aromatic carbocycles. The van der Waals surface area contributed by atoms with Crippen molar-refractivity contribution in [3.63, 3.8) is 0 Å². The maximum Gasteiger partial charge on any atom is 0.235 e. The van der Waals surface area contributed by atoms with Crippen molar-refractivity contribution in [1.82, 2.24) is 0 Å². The number of amides is 1. The van der Waals surface area contributed by atoms with E-state index in [1.54, 1.807) is 0 Å². The highest BCUT2D eigenvalue weighted by molar-refractivity contribution is 6.30. The van der Waals surface area contributed by atoms with Gasteiger partial charge in [0.2, 0.25) is 5.91 Å². The highest BCUT2D eigenvalue weighted by atomic mass is 35.5. The van der Waals surface area contributed by atoms with Gasteiger partial charge in [-0.3, -0.25) is 4.79 Å². The van der Waals surface area contributed by atoms with Crippen molar-refractivity contribution < 1.29 is 4.79 Å². The standard InChI is InChI=1S/C12H16ClNO/c1-8(2)10-5-3-9(4-6-10)7-11(13)12(14)15/h3-6,8,11H,7H2,1-2H3,(H2,14,15). The highest BCUT2D eigenvalue weighted by Crippen LogP contribution is 2.16. The number of rotatable bonds is 4. The zero-order valence-electron chi connectivity index (χ0n) is 9.03. The molecule has 0 saturated carbocycles. The fraction of sp³-hybridized carbons (Fsp3) is 0.417. The second kappa shape index (κ2) is 5.17. The SMILES string of the molecule is CC(C)c1ccc(CC(Cl)C(N)=O)cc1. The first-order valence-corrected chi connectivity index (χ1v) is 5.46. The van der Waals surface area contributed by atoms with Crippen molar-refractivity contribution in [1.29, 1.82) is 0 Å². The summed E-state index contributed by atoms with van der Waals surface area (Å²) < 4.78 is 0. The van der Waals surface area contributed by atoms with E-state index in [2.05, 4.69) is 26.0 Å². The Morgan fingerprint density at radius 2 is 1.87 bits per heavy atom. The maximum atomic E-state index is 10.8. The smallest absolute Gasteiger partial charge is 0.235 e. The van der Waals surface area contributed by atoms with Crippen LogP contribution in [0.2, 0.25) is 0 Å². The Balaban J connectivity index is 2.68. The van der Waals surface area contributed by atoms with Gasteiger partial charge in [-0.25, -0.2) is 0 Å². The fourth-order valence-electron chi connectivity index (χ4n) is 1.35. The largest absolute Gasteiger partial charge is 0.368 e. The number of hydrogen-bond acceptors (Lipinski definition) is 1. The van der Waals surface area contributed by atoms with E-state index in [4.69, 9.17) is 17.3 Å². The minimum absolute atomic E-state index is 0.468. The van der Waals surface area contributed by atoms with Crippen LogP contribution in [0.15, 0.2) is 24.3 Å². The number of alkyl halides is 1. The van der Waals surface area contributed by atoms with Gasteiger partial charge in [-0.1, -0.05) is 38.1 Å². The molecule has 1 rings (SSSR count). The summed E-state index contributed by atoms with van der Waals surface area (Å²) in [5, 5.41) is -0.616. The first-order chi connectivity index (χ1) is 7.00. The lowest BCUT2D eigenvalue weighted by atomic mass is 10.0. The van der Waals surface area contributed by atoms with Gasteiger partial charge in [0.1, 0.15) is 5.38 Å². The average molecular weight is 226 g/mol. The molecule has 0 aliphatic heterocycles. The number of benzene rings is 1. The summed E-state index contributed by atoms with van der Waals surface area (Å²) in [5.74, 6) is 0.0478. The van der Waals surface area contributed by atoms with E-state index in [0.717, 1.165) is 5.56 Å². The van der Waals surface area contributed by atoms with Crippen molar-refractivity contribution in [2.24, 2.45) is 5.73 Å². The fourth-order valence-corrected chi connectivity index (χ4v) is 1.52. The lowest BCUT2D eigenvalue weighted by molar-refractivity contribution is -0.117. The molecule has 0 heterocycles. The molecule has 2 N–H and O–H groups in total. The zero-order chi connectivity index (χ0) is 11.4. The van der Waals surface area contributed by atoms with Gasteiger partial charge in [0.05, 0.1) is 0 Å². The Labute approximate surface area is 95.4 Å². The van der Waals surface area contributed by atoms with Crippen LogP contribution in [-0.4, -0.2) is 11.3 Å². The summed E-state index contributed by atoms with van der Waals surface area (Å²) in [6.07, 6.45) is 0.495. The zero-order valence-corrected chi connectivity index (χ0v) is 9.79. The Hall–Kier alpha value is -1.02. The number of primary amides is 1. The number of carbonyl (C=O) groups is 1. The normalized spacial score (nSPS) is 12.8. The first kappa shape index (κ1) is 12.1. The third-order valence-corrected chi connectivity index (χ3v) is 2.74. The molecule has 1 unspecified atom stereocenters. The Kier molecular flexibility index (Phi) is 4.15. The molecule has 0 aromatic heterocycles. The molecule has 15 heavy (non-hydrogen) atoms. The van der Waals surface area contributed by atoms with E-state index in [0.29, 0.717) is 12.3 Å². The van der Waals surface area contributed by atoms with Crippen LogP contribution < -0.4 is 5.73 Å². The molecule has 2 nitrogen and oxygen atoms in total. The molecule has 1 atom stereocenters. The monoisotopic (exact) mass is 225 g/mol. The van der Waals surface area contributed by atoms with Crippen LogP contribution in [-0.2, 0) is 11.2 Å². The van der Waals surface area contributed by atoms with Crippen molar-refractivity contribution in [2.45, 2.75) is 31.6 Å². The average Bonchev–Trinajstić information content (AvgIpc) is 2.18. The number of hydrogen-bond donors (Lipinski definition) is 1. The van der Waals surface area contributed by atoms with E-state index >= 15 is 0 Å². The van der Waals surface area contributed by atoms with Crippen LogP contribution in [0.5, 0.6) is 0 Å². The molecule has 0 spiro atoms. The van der Waals surface area contributed by atoms with Crippen LogP contribution in [0.1, 0.15) is 30.9 Å². The van der Waals surface area contributed by atoms with E-state index in [-0.39, 0.29) is 0 Å². The van der Waals surface area contributed by atoms with Crippen molar-refractivity contribution in [2.75, 3.05) is 0 Å². The lowest BCUT2D eigenvalue weighted by Crippen LogP contribution is -2.25. The number of carbonyl (C=O) groups excluding carboxylic acids is 1. The molecular weight excluding hydrogens is 210 g/mol. The maximum absolute atomic E-state index is 10.8. The summed E-state index contributed by atoms with van der Waals surface area (Å²) in [4.78, 5) is 10.8. The number of nitrogens with two attached hydrogens (primary N) is 1. The van der Waals surface area contributed by atoms with Gasteiger partial charge >= 0.3 is 0 Å². The van der Waals surface area contributed by atoms with Gasteiger partial charge < -0.3 is 5.73 Å². The molecule has 0 fully saturated rings. The van der Waals surface area contributed by atoms with Crippen LogP contribution in [0.3, 0.4) is 0 Å². The van der Waals surface area contributed by atoms with Crippen molar-refractivity contribution in [3.05, 3.63) is 35.4 Å². The summed E-state index contributed by atoms with van der Waals surface area (Å²) in [6, 6.07) is 8.11. The molecular formula is C12H16ClNO. The van der Waals surface area contributed by atoms with E-state index in [1.807, 2.05) is 12.1 Å². The van der Waals surface area contributed by atoms with E-state index in [1.165, 1.54) is 5.56 Å². The van der Waals surface area contributed by atoms with E-state index in [9.17, 15) is 4.79 Å². The molecule has 0 aliphatic carbocycles. The lowest BCUT2D eigenvalue weighted by Gasteiger charge is -2.08. The minimum Gasteiger partial charge on any atom is -0.368 e. The van der Waals surface area contributed by atoms with Gasteiger partial charge in [0.25, 0.3) is 0 Å². The van der Waals surface area contributed by atoms with Gasteiger partial charge in [-0.05, 0) is 23.5 Å². The summed E-state index contributed by atoms with van der Waals surface area (Å²) >= 11 is 5.78. The van der Waals surface area contributed by atoms with Crippen molar-refractivity contribution >= 4 is 17.5 Å².